The molecule has 1 heterocycles. The number of amides is 4. The summed E-state index contributed by atoms with van der Waals surface area (Å²) in [6.07, 6.45) is -5.83. The smallest absolute Gasteiger partial charge is 0.318 e. The second-order valence-corrected chi connectivity index (χ2v) is 5.98. The van der Waals surface area contributed by atoms with Crippen molar-refractivity contribution in [2.24, 2.45) is 0 Å². The van der Waals surface area contributed by atoms with Crippen molar-refractivity contribution in [1.82, 2.24) is 10.6 Å². The van der Waals surface area contributed by atoms with Crippen molar-refractivity contribution in [3.8, 4) is 0 Å². The molecular weight excluding hydrogens is 382 g/mol. The Balaban J connectivity index is 1.94. The van der Waals surface area contributed by atoms with Gasteiger partial charge < -0.3 is 5.32 Å². The third-order valence-corrected chi connectivity index (χ3v) is 4.07. The summed E-state index contributed by atoms with van der Waals surface area (Å²) in [5.74, 6) is -4.07. The van der Waals surface area contributed by atoms with Crippen molar-refractivity contribution in [2.75, 3.05) is 4.90 Å². The number of imide groups is 1. The largest absolute Gasteiger partial charge is 0.440 e. The van der Waals surface area contributed by atoms with Gasteiger partial charge in [0.15, 0.2) is 0 Å². The lowest BCUT2D eigenvalue weighted by Gasteiger charge is -2.29. The van der Waals surface area contributed by atoms with E-state index in [4.69, 9.17) is 0 Å². The highest BCUT2D eigenvalue weighted by atomic mass is 19.4. The summed E-state index contributed by atoms with van der Waals surface area (Å²) in [5, 5.41) is 3.03. The van der Waals surface area contributed by atoms with Gasteiger partial charge in [-0.05, 0) is 17.7 Å². The van der Waals surface area contributed by atoms with E-state index in [1.807, 2.05) is 0 Å². The molecule has 146 valence electrons. The number of hydrogen-bond acceptors (Lipinski definition) is 3. The van der Waals surface area contributed by atoms with Gasteiger partial charge in [-0.15, -0.1) is 0 Å². The Morgan fingerprint density at radius 3 is 2.25 bits per heavy atom. The Hall–Kier alpha value is -3.43. The minimum Gasteiger partial charge on any atom is -0.318 e. The van der Waals surface area contributed by atoms with E-state index in [0.717, 1.165) is 12.1 Å². The molecule has 1 aliphatic heterocycles. The van der Waals surface area contributed by atoms with Gasteiger partial charge in [-0.3, -0.25) is 14.9 Å². The number of urea groups is 1. The monoisotopic (exact) mass is 395 g/mol. The lowest BCUT2D eigenvalue weighted by atomic mass is 10.1. The molecule has 1 atom stereocenters. The molecule has 2 aromatic carbocycles. The van der Waals surface area contributed by atoms with Crippen LogP contribution in [0.5, 0.6) is 0 Å². The number of rotatable bonds is 4. The summed E-state index contributed by atoms with van der Waals surface area (Å²) in [6, 6.07) is 10.7. The van der Waals surface area contributed by atoms with Gasteiger partial charge in [0.1, 0.15) is 5.82 Å². The number of nitrogens with one attached hydrogen (secondary N) is 2. The number of nitrogens with zero attached hydrogens (tertiary/aromatic N) is 1. The number of benzene rings is 2. The highest BCUT2D eigenvalue weighted by Gasteiger charge is 2.69. The van der Waals surface area contributed by atoms with E-state index in [-0.39, 0.29) is 4.90 Å². The highest BCUT2D eigenvalue weighted by molar-refractivity contribution is 6.24. The number of para-hydroxylation sites is 1. The van der Waals surface area contributed by atoms with Gasteiger partial charge in [0.2, 0.25) is 5.91 Å². The maximum atomic E-state index is 13.9. The summed E-state index contributed by atoms with van der Waals surface area (Å²) < 4.78 is 55.2. The number of hydrogen-bond donors (Lipinski definition) is 2. The standard InChI is InChI=1S/C18H13F4N3O3/c19-12-8-4-5-9-13(12)25-15(27)17(18(20,21)22,24-16(25)28)23-14(26)10-11-6-2-1-3-7-11/h1-9H,10H2,(H,23,26)(H,24,28)/t17-/m0/s1. The van der Waals surface area contributed by atoms with Gasteiger partial charge in [0.05, 0.1) is 12.1 Å². The molecule has 0 aromatic heterocycles. The Kier molecular flexibility index (Phi) is 4.80. The molecule has 1 fully saturated rings. The molecule has 2 N–H and O–H groups in total. The van der Waals surface area contributed by atoms with Crippen LogP contribution in [0.4, 0.5) is 28.0 Å². The topological polar surface area (TPSA) is 78.5 Å². The van der Waals surface area contributed by atoms with E-state index in [9.17, 15) is 31.9 Å². The van der Waals surface area contributed by atoms with Crippen molar-refractivity contribution in [2.45, 2.75) is 18.3 Å². The molecule has 0 unspecified atom stereocenters. The number of halogens is 4. The van der Waals surface area contributed by atoms with Gasteiger partial charge >= 0.3 is 12.2 Å². The predicted octanol–water partition coefficient (Wildman–Crippen LogP) is 2.50. The van der Waals surface area contributed by atoms with Gasteiger partial charge in [-0.2, -0.15) is 13.2 Å². The van der Waals surface area contributed by atoms with Crippen molar-refractivity contribution in [3.63, 3.8) is 0 Å². The molecule has 0 radical (unpaired) electrons. The molecule has 3 rings (SSSR count). The molecule has 1 aliphatic rings. The van der Waals surface area contributed by atoms with E-state index in [1.165, 1.54) is 29.6 Å². The average molecular weight is 395 g/mol. The van der Waals surface area contributed by atoms with Gasteiger partial charge in [-0.25, -0.2) is 14.1 Å². The van der Waals surface area contributed by atoms with Gasteiger partial charge in [0.25, 0.3) is 11.6 Å². The molecule has 0 bridgehead atoms. The Labute approximate surface area is 156 Å². The molecule has 4 amide bonds. The lowest BCUT2D eigenvalue weighted by Crippen LogP contribution is -2.69. The van der Waals surface area contributed by atoms with E-state index in [1.54, 1.807) is 23.5 Å². The van der Waals surface area contributed by atoms with Gasteiger partial charge in [-0.1, -0.05) is 42.5 Å². The van der Waals surface area contributed by atoms with E-state index < -0.39 is 47.6 Å². The van der Waals surface area contributed by atoms with E-state index >= 15 is 0 Å². The third kappa shape index (κ3) is 3.28. The van der Waals surface area contributed by atoms with Crippen LogP contribution in [0.1, 0.15) is 5.56 Å². The average Bonchev–Trinajstić information content (AvgIpc) is 2.87. The molecule has 0 spiro atoms. The zero-order valence-corrected chi connectivity index (χ0v) is 14.1. The van der Waals surface area contributed by atoms with Crippen molar-refractivity contribution in [1.29, 1.82) is 0 Å². The molecule has 6 nitrogen and oxygen atoms in total. The quantitative estimate of drug-likeness (QED) is 0.617. The molecule has 28 heavy (non-hydrogen) atoms. The first-order valence-corrected chi connectivity index (χ1v) is 7.98. The predicted molar refractivity (Wildman–Crippen MR) is 89.5 cm³/mol. The zero-order chi connectivity index (χ0) is 20.5. The van der Waals surface area contributed by atoms with Crippen LogP contribution >= 0.6 is 0 Å². The molecular formula is C18H13F4N3O3. The van der Waals surface area contributed by atoms with Crippen molar-refractivity contribution >= 4 is 23.5 Å². The van der Waals surface area contributed by atoms with Crippen molar-refractivity contribution < 1.29 is 31.9 Å². The van der Waals surface area contributed by atoms with Crippen LogP contribution in [0.15, 0.2) is 54.6 Å². The maximum Gasteiger partial charge on any atom is 0.440 e. The van der Waals surface area contributed by atoms with Crippen molar-refractivity contribution in [3.05, 3.63) is 66.0 Å². The summed E-state index contributed by atoms with van der Waals surface area (Å²) in [4.78, 5) is 36.9. The summed E-state index contributed by atoms with van der Waals surface area (Å²) in [5.41, 5.74) is -3.95. The SMILES string of the molecule is O=C(Cc1ccccc1)N[C@]1(C(F)(F)F)NC(=O)N(c2ccccc2F)C1=O. The second kappa shape index (κ2) is 6.95. The number of anilines is 1. The summed E-state index contributed by atoms with van der Waals surface area (Å²) >= 11 is 0. The molecule has 0 saturated carbocycles. The zero-order valence-electron chi connectivity index (χ0n) is 14.1. The fourth-order valence-corrected chi connectivity index (χ4v) is 2.76. The summed E-state index contributed by atoms with van der Waals surface area (Å²) in [7, 11) is 0. The summed E-state index contributed by atoms with van der Waals surface area (Å²) in [6.45, 7) is 0. The van der Waals surface area contributed by atoms with Crippen LogP contribution in [0.2, 0.25) is 0 Å². The van der Waals surface area contributed by atoms with Crippen LogP contribution in [0, 0.1) is 5.82 Å². The first-order valence-electron chi connectivity index (χ1n) is 7.98. The molecule has 1 saturated heterocycles. The fourth-order valence-electron chi connectivity index (χ4n) is 2.76. The van der Waals surface area contributed by atoms with E-state index in [2.05, 4.69) is 0 Å². The minimum atomic E-state index is -5.37. The Bertz CT molecular complexity index is 933. The highest BCUT2D eigenvalue weighted by Crippen LogP contribution is 2.36. The third-order valence-electron chi connectivity index (χ3n) is 4.07. The first-order chi connectivity index (χ1) is 13.2. The first kappa shape index (κ1) is 19.3. The molecule has 0 aliphatic carbocycles. The Morgan fingerprint density at radius 1 is 1.04 bits per heavy atom. The molecule has 2 aromatic rings. The molecule has 10 heteroatoms. The van der Waals surface area contributed by atoms with Crippen LogP contribution < -0.4 is 15.5 Å². The van der Waals surface area contributed by atoms with Crippen LogP contribution in [0.25, 0.3) is 0 Å². The van der Waals surface area contributed by atoms with E-state index in [0.29, 0.717) is 5.56 Å². The maximum absolute atomic E-state index is 13.9. The number of carbonyl (C=O) groups is 3. The van der Waals surface area contributed by atoms with Gasteiger partial charge in [0, 0.05) is 0 Å². The van der Waals surface area contributed by atoms with Crippen LogP contribution in [-0.2, 0) is 16.0 Å². The minimum absolute atomic E-state index is 0.0195. The van der Waals surface area contributed by atoms with Crippen LogP contribution in [0.3, 0.4) is 0 Å². The fraction of sp³-hybridized carbons (Fsp3) is 0.167. The van der Waals surface area contributed by atoms with Crippen LogP contribution in [-0.4, -0.2) is 29.7 Å². The number of alkyl halides is 3. The lowest BCUT2D eigenvalue weighted by molar-refractivity contribution is -0.201. The number of carbonyl (C=O) groups excluding carboxylic acids is 3. The normalized spacial score (nSPS) is 19.5. The Morgan fingerprint density at radius 2 is 1.64 bits per heavy atom. The second-order valence-electron chi connectivity index (χ2n) is 5.98.